The maximum Gasteiger partial charge on any atom is 0.303 e. The van der Waals surface area contributed by atoms with Gasteiger partial charge in [-0.3, -0.25) is 4.79 Å². The van der Waals surface area contributed by atoms with Crippen LogP contribution in [0.3, 0.4) is 0 Å². The van der Waals surface area contributed by atoms with Gasteiger partial charge < -0.3 is 10.4 Å². The van der Waals surface area contributed by atoms with Crippen LogP contribution >= 0.6 is 11.3 Å². The van der Waals surface area contributed by atoms with E-state index in [2.05, 4.69) is 47.1 Å². The van der Waals surface area contributed by atoms with Crippen LogP contribution in [0.4, 0.5) is 11.4 Å². The first-order valence-corrected chi connectivity index (χ1v) is 8.30. The number of hydrogen-bond donors (Lipinski definition) is 2. The van der Waals surface area contributed by atoms with E-state index in [9.17, 15) is 4.79 Å². The zero-order valence-electron chi connectivity index (χ0n) is 12.5. The molecule has 0 saturated carbocycles. The topological polar surface area (TPSA) is 49.3 Å². The summed E-state index contributed by atoms with van der Waals surface area (Å²) in [6, 6.07) is 20.4. The summed E-state index contributed by atoms with van der Waals surface area (Å²) in [4.78, 5) is 11.8. The van der Waals surface area contributed by atoms with Gasteiger partial charge in [-0.25, -0.2) is 0 Å². The summed E-state index contributed by atoms with van der Waals surface area (Å²) in [7, 11) is 0. The van der Waals surface area contributed by atoms with Crippen LogP contribution in [0.2, 0.25) is 0 Å². The molecule has 3 aromatic rings. The van der Waals surface area contributed by atoms with E-state index < -0.39 is 5.97 Å². The molecule has 4 heteroatoms. The minimum absolute atomic E-state index is 0.164. The van der Waals surface area contributed by atoms with Crippen molar-refractivity contribution >= 4 is 28.7 Å². The number of carbonyl (C=O) groups is 1. The predicted molar refractivity (Wildman–Crippen MR) is 95.4 cm³/mol. The third-order valence-electron chi connectivity index (χ3n) is 3.56. The standard InChI is InChI=1S/C19H17NO2S/c21-19(22)12-5-14-3-8-16(9-4-14)20-17-10-6-15(7-11-17)18-2-1-13-23-18/h1-4,6-11,13,20H,5,12H2,(H,21,22). The highest BCUT2D eigenvalue weighted by molar-refractivity contribution is 7.13. The molecule has 3 nitrogen and oxygen atoms in total. The van der Waals surface area contributed by atoms with Crippen molar-refractivity contribution in [3.8, 4) is 10.4 Å². The molecule has 2 N–H and O–H groups in total. The Balaban J connectivity index is 1.64. The molecule has 0 atom stereocenters. The second-order valence-corrected chi connectivity index (χ2v) is 6.22. The molecule has 0 unspecified atom stereocenters. The van der Waals surface area contributed by atoms with Gasteiger partial charge in [-0.1, -0.05) is 30.3 Å². The Labute approximate surface area is 139 Å². The minimum Gasteiger partial charge on any atom is -0.481 e. The van der Waals surface area contributed by atoms with Gasteiger partial charge in [-0.15, -0.1) is 11.3 Å². The van der Waals surface area contributed by atoms with Crippen LogP contribution in [-0.4, -0.2) is 11.1 Å². The number of aryl methyl sites for hydroxylation is 1. The predicted octanol–water partition coefficient (Wildman–Crippen LogP) is 5.18. The Morgan fingerprint density at radius 3 is 2.17 bits per heavy atom. The van der Waals surface area contributed by atoms with Gasteiger partial charge in [0, 0.05) is 22.7 Å². The molecule has 0 aliphatic carbocycles. The monoisotopic (exact) mass is 323 g/mol. The normalized spacial score (nSPS) is 10.4. The number of thiophene rings is 1. The zero-order valence-corrected chi connectivity index (χ0v) is 13.3. The maximum atomic E-state index is 10.6. The Hall–Kier alpha value is -2.59. The lowest BCUT2D eigenvalue weighted by Gasteiger charge is -2.08. The molecule has 3 rings (SSSR count). The Morgan fingerprint density at radius 2 is 1.61 bits per heavy atom. The van der Waals surface area contributed by atoms with Gasteiger partial charge in [0.1, 0.15) is 0 Å². The van der Waals surface area contributed by atoms with E-state index in [1.807, 2.05) is 24.3 Å². The zero-order chi connectivity index (χ0) is 16.1. The molecular formula is C19H17NO2S. The molecule has 0 amide bonds. The summed E-state index contributed by atoms with van der Waals surface area (Å²) in [5, 5.41) is 14.1. The van der Waals surface area contributed by atoms with Gasteiger partial charge in [0.25, 0.3) is 0 Å². The first-order valence-electron chi connectivity index (χ1n) is 7.42. The van der Waals surface area contributed by atoms with Gasteiger partial charge in [-0.05, 0) is 53.3 Å². The van der Waals surface area contributed by atoms with Crippen LogP contribution in [0.5, 0.6) is 0 Å². The van der Waals surface area contributed by atoms with Crippen molar-refractivity contribution in [2.24, 2.45) is 0 Å². The van der Waals surface area contributed by atoms with Gasteiger partial charge in [0.05, 0.1) is 0 Å². The summed E-state index contributed by atoms with van der Waals surface area (Å²) < 4.78 is 0. The lowest BCUT2D eigenvalue weighted by Crippen LogP contribution is -1.97. The van der Waals surface area contributed by atoms with Crippen molar-refractivity contribution in [2.75, 3.05) is 5.32 Å². The van der Waals surface area contributed by atoms with Crippen LogP contribution in [0.15, 0.2) is 66.0 Å². The molecule has 0 spiro atoms. The molecule has 0 aliphatic rings. The molecule has 0 radical (unpaired) electrons. The SMILES string of the molecule is O=C(O)CCc1ccc(Nc2ccc(-c3cccs3)cc2)cc1. The molecule has 0 saturated heterocycles. The van der Waals surface area contributed by atoms with E-state index >= 15 is 0 Å². The molecule has 0 aliphatic heterocycles. The van der Waals surface area contributed by atoms with Crippen LogP contribution in [0.25, 0.3) is 10.4 Å². The quantitative estimate of drug-likeness (QED) is 0.657. The van der Waals surface area contributed by atoms with Gasteiger partial charge in [0.15, 0.2) is 0 Å². The van der Waals surface area contributed by atoms with Crippen molar-refractivity contribution in [2.45, 2.75) is 12.8 Å². The Morgan fingerprint density at radius 1 is 0.957 bits per heavy atom. The summed E-state index contributed by atoms with van der Waals surface area (Å²) in [6.45, 7) is 0. The number of carboxylic acid groups (broad SMARTS) is 1. The van der Waals surface area contributed by atoms with Crippen molar-refractivity contribution < 1.29 is 9.90 Å². The molecule has 2 aromatic carbocycles. The number of benzene rings is 2. The van der Waals surface area contributed by atoms with E-state index in [4.69, 9.17) is 5.11 Å². The van der Waals surface area contributed by atoms with E-state index in [1.165, 1.54) is 10.4 Å². The first-order chi connectivity index (χ1) is 11.2. The number of anilines is 2. The number of nitrogens with one attached hydrogen (secondary N) is 1. The van der Waals surface area contributed by atoms with E-state index in [0.717, 1.165) is 16.9 Å². The van der Waals surface area contributed by atoms with Crippen LogP contribution < -0.4 is 5.32 Å². The average Bonchev–Trinajstić information content (AvgIpc) is 3.09. The second-order valence-electron chi connectivity index (χ2n) is 5.27. The number of carboxylic acids is 1. The Kier molecular flexibility index (Phi) is 4.74. The maximum absolute atomic E-state index is 10.6. The summed E-state index contributed by atoms with van der Waals surface area (Å²) in [5.74, 6) is -0.766. The van der Waals surface area contributed by atoms with Crippen LogP contribution in [-0.2, 0) is 11.2 Å². The van der Waals surface area contributed by atoms with Crippen molar-refractivity contribution in [3.63, 3.8) is 0 Å². The fraction of sp³-hybridized carbons (Fsp3) is 0.105. The lowest BCUT2D eigenvalue weighted by atomic mass is 10.1. The minimum atomic E-state index is -0.766. The molecule has 0 fully saturated rings. The number of aliphatic carboxylic acids is 1. The molecule has 1 heterocycles. The van der Waals surface area contributed by atoms with E-state index in [0.29, 0.717) is 6.42 Å². The highest BCUT2D eigenvalue weighted by Gasteiger charge is 2.01. The lowest BCUT2D eigenvalue weighted by molar-refractivity contribution is -0.136. The second kappa shape index (κ2) is 7.11. The van der Waals surface area contributed by atoms with E-state index in [-0.39, 0.29) is 6.42 Å². The van der Waals surface area contributed by atoms with Gasteiger partial charge in [0.2, 0.25) is 0 Å². The molecule has 0 bridgehead atoms. The molecule has 23 heavy (non-hydrogen) atoms. The van der Waals surface area contributed by atoms with Crippen molar-refractivity contribution in [1.82, 2.24) is 0 Å². The fourth-order valence-corrected chi connectivity index (χ4v) is 3.07. The summed E-state index contributed by atoms with van der Waals surface area (Å²) in [5.41, 5.74) is 4.28. The van der Waals surface area contributed by atoms with Crippen molar-refractivity contribution in [1.29, 1.82) is 0 Å². The van der Waals surface area contributed by atoms with Crippen LogP contribution in [0.1, 0.15) is 12.0 Å². The largest absolute Gasteiger partial charge is 0.481 e. The third-order valence-corrected chi connectivity index (χ3v) is 4.48. The van der Waals surface area contributed by atoms with Gasteiger partial charge >= 0.3 is 5.97 Å². The summed E-state index contributed by atoms with van der Waals surface area (Å²) >= 11 is 1.73. The smallest absolute Gasteiger partial charge is 0.303 e. The first kappa shape index (κ1) is 15.3. The highest BCUT2D eigenvalue weighted by Crippen LogP contribution is 2.26. The molecule has 116 valence electrons. The van der Waals surface area contributed by atoms with Gasteiger partial charge in [-0.2, -0.15) is 0 Å². The van der Waals surface area contributed by atoms with E-state index in [1.54, 1.807) is 11.3 Å². The summed E-state index contributed by atoms with van der Waals surface area (Å²) in [6.07, 6.45) is 0.724. The third kappa shape index (κ3) is 4.20. The number of rotatable bonds is 6. The Bertz CT molecular complexity index is 762. The fourth-order valence-electron chi connectivity index (χ4n) is 2.33. The highest BCUT2D eigenvalue weighted by atomic mass is 32.1. The van der Waals surface area contributed by atoms with Crippen molar-refractivity contribution in [3.05, 3.63) is 71.6 Å². The number of hydrogen-bond acceptors (Lipinski definition) is 3. The molecule has 1 aromatic heterocycles. The molecular weight excluding hydrogens is 306 g/mol. The van der Waals surface area contributed by atoms with Crippen LogP contribution in [0, 0.1) is 0 Å². The average molecular weight is 323 g/mol.